The number of fused-ring (bicyclic) bond motifs is 1. The van der Waals surface area contributed by atoms with E-state index in [2.05, 4.69) is 10.3 Å². The van der Waals surface area contributed by atoms with Gasteiger partial charge in [-0.25, -0.2) is 9.78 Å². The molecule has 0 saturated heterocycles. The van der Waals surface area contributed by atoms with Gasteiger partial charge in [0.1, 0.15) is 11.3 Å². The van der Waals surface area contributed by atoms with Crippen molar-refractivity contribution in [3.63, 3.8) is 0 Å². The predicted octanol–water partition coefficient (Wildman–Crippen LogP) is 3.65. The van der Waals surface area contributed by atoms with Crippen molar-refractivity contribution < 1.29 is 23.2 Å². The molecule has 0 radical (unpaired) electrons. The topological polar surface area (TPSA) is 94.6 Å². The second kappa shape index (κ2) is 7.43. The first-order valence-corrected chi connectivity index (χ1v) is 8.42. The second-order valence-electron chi connectivity index (χ2n) is 6.06. The van der Waals surface area contributed by atoms with Gasteiger partial charge < -0.3 is 18.9 Å². The van der Waals surface area contributed by atoms with Crippen LogP contribution in [0, 0.1) is 0 Å². The lowest BCUT2D eigenvalue weighted by atomic mass is 10.2. The van der Waals surface area contributed by atoms with Crippen molar-refractivity contribution in [2.75, 3.05) is 6.61 Å². The molecule has 1 amide bonds. The lowest BCUT2D eigenvalue weighted by Crippen LogP contribution is -2.22. The molecule has 0 spiro atoms. The van der Waals surface area contributed by atoms with Crippen LogP contribution in [0.25, 0.3) is 11.1 Å². The third-order valence-corrected chi connectivity index (χ3v) is 3.72. The quantitative estimate of drug-likeness (QED) is 0.678. The number of nitrogens with one attached hydrogen (secondary N) is 1. The van der Waals surface area contributed by atoms with Crippen molar-refractivity contribution in [1.82, 2.24) is 10.3 Å². The predicted molar refractivity (Wildman–Crippen MR) is 93.9 cm³/mol. The third-order valence-electron chi connectivity index (χ3n) is 3.72. The number of amides is 1. The summed E-state index contributed by atoms with van der Waals surface area (Å²) in [5.41, 5.74) is 1.76. The smallest absolute Gasteiger partial charge is 0.374 e. The summed E-state index contributed by atoms with van der Waals surface area (Å²) in [6.45, 7) is 6.14. The Labute approximate surface area is 150 Å². The number of ether oxygens (including phenoxy) is 1. The fraction of sp³-hybridized carbons (Fsp3) is 0.316. The molecule has 3 aromatic rings. The highest BCUT2D eigenvalue weighted by molar-refractivity contribution is 5.97. The fourth-order valence-electron chi connectivity index (χ4n) is 2.39. The van der Waals surface area contributed by atoms with Gasteiger partial charge in [0.25, 0.3) is 5.91 Å². The fourth-order valence-corrected chi connectivity index (χ4v) is 2.39. The van der Waals surface area contributed by atoms with Gasteiger partial charge in [0.05, 0.1) is 13.2 Å². The number of esters is 1. The van der Waals surface area contributed by atoms with Gasteiger partial charge in [-0.2, -0.15) is 0 Å². The van der Waals surface area contributed by atoms with Crippen molar-refractivity contribution in [2.24, 2.45) is 0 Å². The first kappa shape index (κ1) is 17.7. The summed E-state index contributed by atoms with van der Waals surface area (Å²) in [7, 11) is 0. The number of carbonyl (C=O) groups excluding carboxylic acids is 2. The Balaban J connectivity index is 1.66. The van der Waals surface area contributed by atoms with Crippen LogP contribution in [0.4, 0.5) is 0 Å². The third kappa shape index (κ3) is 3.77. The van der Waals surface area contributed by atoms with E-state index in [1.54, 1.807) is 31.2 Å². The van der Waals surface area contributed by atoms with Crippen LogP contribution in [-0.2, 0) is 11.3 Å². The number of benzene rings is 1. The summed E-state index contributed by atoms with van der Waals surface area (Å²) >= 11 is 0. The highest BCUT2D eigenvalue weighted by atomic mass is 16.5. The number of hydrogen-bond donors (Lipinski definition) is 1. The van der Waals surface area contributed by atoms with Crippen LogP contribution in [-0.4, -0.2) is 23.5 Å². The summed E-state index contributed by atoms with van der Waals surface area (Å²) in [6, 6.07) is 8.25. The molecular weight excluding hydrogens is 336 g/mol. The molecule has 0 atom stereocenters. The molecule has 0 fully saturated rings. The van der Waals surface area contributed by atoms with Crippen molar-refractivity contribution in [3.05, 3.63) is 53.3 Å². The number of furan rings is 1. The van der Waals surface area contributed by atoms with Gasteiger partial charge in [-0.1, -0.05) is 13.8 Å². The zero-order valence-electron chi connectivity index (χ0n) is 14.9. The molecule has 0 bridgehead atoms. The number of aromatic nitrogens is 1. The number of oxazole rings is 1. The zero-order chi connectivity index (χ0) is 18.7. The molecule has 0 aliphatic carbocycles. The standard InChI is InChI=1S/C19H20N2O5/c1-4-24-19(23)16-8-6-13(25-16)10-20-17(22)12-5-7-15-14(9-12)21-18(26-15)11(2)3/h5-9,11H,4,10H2,1-3H3,(H,20,22). The van der Waals surface area contributed by atoms with E-state index in [0.717, 1.165) is 0 Å². The van der Waals surface area contributed by atoms with E-state index in [1.807, 2.05) is 13.8 Å². The maximum Gasteiger partial charge on any atom is 0.374 e. The van der Waals surface area contributed by atoms with Crippen molar-refractivity contribution in [3.8, 4) is 0 Å². The number of carbonyl (C=O) groups is 2. The Bertz CT molecular complexity index is 938. The van der Waals surface area contributed by atoms with Crippen LogP contribution in [0.5, 0.6) is 0 Å². The van der Waals surface area contributed by atoms with E-state index in [-0.39, 0.29) is 30.7 Å². The molecule has 1 N–H and O–H groups in total. The molecule has 136 valence electrons. The van der Waals surface area contributed by atoms with Crippen LogP contribution < -0.4 is 5.32 Å². The number of nitrogens with zero attached hydrogens (tertiary/aromatic N) is 1. The molecule has 3 rings (SSSR count). The van der Waals surface area contributed by atoms with Crippen LogP contribution in [0.2, 0.25) is 0 Å². The molecule has 0 saturated carbocycles. The number of rotatable bonds is 6. The largest absolute Gasteiger partial charge is 0.460 e. The van der Waals surface area contributed by atoms with E-state index in [4.69, 9.17) is 13.6 Å². The minimum atomic E-state index is -0.525. The molecule has 0 aliphatic heterocycles. The molecule has 2 heterocycles. The lowest BCUT2D eigenvalue weighted by molar-refractivity contribution is 0.0488. The van der Waals surface area contributed by atoms with Crippen LogP contribution in [0.3, 0.4) is 0 Å². The monoisotopic (exact) mass is 356 g/mol. The Morgan fingerprint density at radius 3 is 2.73 bits per heavy atom. The number of hydrogen-bond acceptors (Lipinski definition) is 6. The van der Waals surface area contributed by atoms with Crippen LogP contribution in [0.15, 0.2) is 39.2 Å². The molecule has 0 aliphatic rings. The van der Waals surface area contributed by atoms with Gasteiger partial charge in [0.2, 0.25) is 5.76 Å². The summed E-state index contributed by atoms with van der Waals surface area (Å²) in [5, 5.41) is 2.75. The van der Waals surface area contributed by atoms with E-state index in [1.165, 1.54) is 6.07 Å². The zero-order valence-corrected chi connectivity index (χ0v) is 14.9. The molecule has 7 nitrogen and oxygen atoms in total. The lowest BCUT2D eigenvalue weighted by Gasteiger charge is -2.03. The Hall–Kier alpha value is -3.09. The van der Waals surface area contributed by atoms with Crippen molar-refractivity contribution in [1.29, 1.82) is 0 Å². The Morgan fingerprint density at radius 1 is 1.19 bits per heavy atom. The van der Waals surface area contributed by atoms with E-state index < -0.39 is 5.97 Å². The van der Waals surface area contributed by atoms with E-state index >= 15 is 0 Å². The SMILES string of the molecule is CCOC(=O)c1ccc(CNC(=O)c2ccc3oc(C(C)C)nc3c2)o1. The van der Waals surface area contributed by atoms with Crippen LogP contribution in [0.1, 0.15) is 59.3 Å². The minimum absolute atomic E-state index is 0.112. The summed E-state index contributed by atoms with van der Waals surface area (Å²) in [6.07, 6.45) is 0. The first-order chi connectivity index (χ1) is 12.5. The molecule has 2 aromatic heterocycles. The summed E-state index contributed by atoms with van der Waals surface area (Å²) in [4.78, 5) is 28.3. The highest BCUT2D eigenvalue weighted by Gasteiger charge is 2.14. The average molecular weight is 356 g/mol. The first-order valence-electron chi connectivity index (χ1n) is 8.42. The highest BCUT2D eigenvalue weighted by Crippen LogP contribution is 2.22. The summed E-state index contributed by atoms with van der Waals surface area (Å²) in [5.74, 6) is 0.594. The Kier molecular flexibility index (Phi) is 5.06. The van der Waals surface area contributed by atoms with Crippen molar-refractivity contribution in [2.45, 2.75) is 33.2 Å². The minimum Gasteiger partial charge on any atom is -0.460 e. The normalized spacial score (nSPS) is 11.1. The maximum atomic E-state index is 12.3. The molecule has 1 aromatic carbocycles. The van der Waals surface area contributed by atoms with Crippen LogP contribution >= 0.6 is 0 Å². The second-order valence-corrected chi connectivity index (χ2v) is 6.06. The molecule has 26 heavy (non-hydrogen) atoms. The molecule has 7 heteroatoms. The molecular formula is C19H20N2O5. The van der Waals surface area contributed by atoms with Gasteiger partial charge in [-0.15, -0.1) is 0 Å². The maximum absolute atomic E-state index is 12.3. The van der Waals surface area contributed by atoms with E-state index in [0.29, 0.717) is 28.3 Å². The van der Waals surface area contributed by atoms with Gasteiger partial charge in [-0.3, -0.25) is 4.79 Å². The van der Waals surface area contributed by atoms with Gasteiger partial charge in [0, 0.05) is 11.5 Å². The average Bonchev–Trinajstić information content (AvgIpc) is 3.26. The van der Waals surface area contributed by atoms with Gasteiger partial charge >= 0.3 is 5.97 Å². The summed E-state index contributed by atoms with van der Waals surface area (Å²) < 4.78 is 15.9. The van der Waals surface area contributed by atoms with E-state index in [9.17, 15) is 9.59 Å². The van der Waals surface area contributed by atoms with Crippen molar-refractivity contribution >= 4 is 23.0 Å². The Morgan fingerprint density at radius 2 is 2.00 bits per heavy atom. The van der Waals surface area contributed by atoms with Gasteiger partial charge in [0.15, 0.2) is 11.5 Å². The van der Waals surface area contributed by atoms with Gasteiger partial charge in [-0.05, 0) is 37.3 Å². The molecule has 0 unspecified atom stereocenters.